The van der Waals surface area contributed by atoms with Gasteiger partial charge in [-0.25, -0.2) is 4.98 Å². The number of aromatic nitrogens is 2. The van der Waals surface area contributed by atoms with Gasteiger partial charge in [0, 0.05) is 12.2 Å². The van der Waals surface area contributed by atoms with Crippen LogP contribution >= 0.6 is 11.8 Å². The first-order valence-electron chi connectivity index (χ1n) is 11.9. The van der Waals surface area contributed by atoms with Gasteiger partial charge in [0.15, 0.2) is 5.16 Å². The Morgan fingerprint density at radius 3 is 2.50 bits per heavy atom. The summed E-state index contributed by atoms with van der Waals surface area (Å²) in [6, 6.07) is 14.7. The monoisotopic (exact) mass is 482 g/mol. The van der Waals surface area contributed by atoms with Gasteiger partial charge in [-0.1, -0.05) is 37.7 Å². The molecule has 34 heavy (non-hydrogen) atoms. The molecule has 1 unspecified atom stereocenters. The second kappa shape index (κ2) is 12.6. The predicted molar refractivity (Wildman–Crippen MR) is 140 cm³/mol. The largest absolute Gasteiger partial charge is 0.494 e. The Balaban J connectivity index is 1.78. The minimum Gasteiger partial charge on any atom is -0.494 e. The summed E-state index contributed by atoms with van der Waals surface area (Å²) in [5.74, 6) is 0.614. The molecule has 0 aliphatic rings. The third kappa shape index (κ3) is 6.61. The normalized spacial score (nSPS) is 12.1. The van der Waals surface area contributed by atoms with Gasteiger partial charge in [0.05, 0.1) is 22.8 Å². The number of ether oxygens (including phenoxy) is 1. The molecule has 0 saturated carbocycles. The molecular weight excluding hydrogens is 448 g/mol. The first-order chi connectivity index (χ1) is 16.5. The minimum absolute atomic E-state index is 0.0632. The minimum atomic E-state index is -0.436. The van der Waals surface area contributed by atoms with Crippen LogP contribution in [0, 0.1) is 0 Å². The van der Waals surface area contributed by atoms with Crippen molar-refractivity contribution in [1.29, 1.82) is 0 Å². The average Bonchev–Trinajstić information content (AvgIpc) is 2.85. The van der Waals surface area contributed by atoms with Crippen LogP contribution in [0.25, 0.3) is 10.9 Å². The van der Waals surface area contributed by atoms with Crippen molar-refractivity contribution in [3.63, 3.8) is 0 Å². The third-order valence-corrected chi connectivity index (χ3v) is 6.75. The number of fused-ring (bicyclic) bond motifs is 1. The molecule has 1 atom stereocenters. The van der Waals surface area contributed by atoms with Gasteiger partial charge in [0.1, 0.15) is 5.75 Å². The highest BCUT2D eigenvalue weighted by Crippen LogP contribution is 2.24. The number of hydrogen-bond acceptors (Lipinski definition) is 6. The second-order valence-corrected chi connectivity index (χ2v) is 9.26. The molecule has 0 bridgehead atoms. The molecule has 0 spiro atoms. The molecule has 1 amide bonds. The van der Waals surface area contributed by atoms with Crippen LogP contribution in [0.15, 0.2) is 58.5 Å². The summed E-state index contributed by atoms with van der Waals surface area (Å²) in [7, 11) is 0. The van der Waals surface area contributed by atoms with E-state index in [1.807, 2.05) is 62.4 Å². The highest BCUT2D eigenvalue weighted by Gasteiger charge is 2.20. The SMILES string of the molecule is CCOc1ccc(NC(=O)C(C)Sc2nc3ccccc3c(=O)n2CCCN(CC)CC)cc1. The van der Waals surface area contributed by atoms with Crippen molar-refractivity contribution in [3.05, 3.63) is 58.9 Å². The zero-order chi connectivity index (χ0) is 24.5. The number of rotatable bonds is 12. The highest BCUT2D eigenvalue weighted by molar-refractivity contribution is 8.00. The lowest BCUT2D eigenvalue weighted by molar-refractivity contribution is -0.115. The van der Waals surface area contributed by atoms with Crippen molar-refractivity contribution < 1.29 is 9.53 Å². The van der Waals surface area contributed by atoms with Gasteiger partial charge in [-0.15, -0.1) is 0 Å². The Hall–Kier alpha value is -2.84. The van der Waals surface area contributed by atoms with Crippen molar-refractivity contribution in [2.24, 2.45) is 0 Å². The fourth-order valence-electron chi connectivity index (χ4n) is 3.68. The number of anilines is 1. The Labute approximate surface area is 205 Å². The van der Waals surface area contributed by atoms with Crippen LogP contribution in [0.3, 0.4) is 0 Å². The number of hydrogen-bond donors (Lipinski definition) is 1. The zero-order valence-corrected chi connectivity index (χ0v) is 21.2. The number of nitrogens with zero attached hydrogens (tertiary/aromatic N) is 3. The molecule has 0 saturated heterocycles. The molecule has 0 aliphatic heterocycles. The summed E-state index contributed by atoms with van der Waals surface area (Å²) in [5, 5.41) is 3.67. The van der Waals surface area contributed by atoms with E-state index in [2.05, 4.69) is 24.1 Å². The molecule has 0 radical (unpaired) electrons. The molecule has 3 aromatic rings. The molecule has 8 heteroatoms. The Morgan fingerprint density at radius 2 is 1.82 bits per heavy atom. The lowest BCUT2D eigenvalue weighted by Gasteiger charge is -2.20. The van der Waals surface area contributed by atoms with Crippen molar-refractivity contribution in [3.8, 4) is 5.75 Å². The Morgan fingerprint density at radius 1 is 1.12 bits per heavy atom. The van der Waals surface area contributed by atoms with E-state index in [4.69, 9.17) is 9.72 Å². The van der Waals surface area contributed by atoms with Gasteiger partial charge >= 0.3 is 0 Å². The first-order valence-corrected chi connectivity index (χ1v) is 12.8. The van der Waals surface area contributed by atoms with Crippen LogP contribution in [-0.2, 0) is 11.3 Å². The second-order valence-electron chi connectivity index (χ2n) is 7.96. The van der Waals surface area contributed by atoms with Crippen LogP contribution in [-0.4, -0.2) is 51.8 Å². The summed E-state index contributed by atoms with van der Waals surface area (Å²) >= 11 is 1.31. The molecule has 3 rings (SSSR count). The number of thioether (sulfide) groups is 1. The Kier molecular flexibility index (Phi) is 9.53. The lowest BCUT2D eigenvalue weighted by Crippen LogP contribution is -2.29. The molecule has 0 aliphatic carbocycles. The molecular formula is C26H34N4O3S. The highest BCUT2D eigenvalue weighted by atomic mass is 32.2. The number of para-hydroxylation sites is 1. The van der Waals surface area contributed by atoms with E-state index in [1.54, 1.807) is 4.57 Å². The summed E-state index contributed by atoms with van der Waals surface area (Å²) < 4.78 is 7.17. The predicted octanol–water partition coefficient (Wildman–Crippen LogP) is 4.65. The summed E-state index contributed by atoms with van der Waals surface area (Å²) in [4.78, 5) is 33.2. The van der Waals surface area contributed by atoms with Gasteiger partial charge in [-0.05, 0) is 76.3 Å². The van der Waals surface area contributed by atoms with E-state index in [0.717, 1.165) is 31.8 Å². The lowest BCUT2D eigenvalue weighted by atomic mass is 10.2. The number of nitrogens with one attached hydrogen (secondary N) is 1. The van der Waals surface area contributed by atoms with Crippen molar-refractivity contribution in [2.75, 3.05) is 31.6 Å². The van der Waals surface area contributed by atoms with Crippen LogP contribution in [0.1, 0.15) is 34.1 Å². The van der Waals surface area contributed by atoms with Crippen molar-refractivity contribution in [1.82, 2.24) is 14.5 Å². The van der Waals surface area contributed by atoms with Crippen LogP contribution in [0.2, 0.25) is 0 Å². The first kappa shape index (κ1) is 25.8. The van der Waals surface area contributed by atoms with Gasteiger partial charge < -0.3 is 15.0 Å². The molecule has 1 heterocycles. The van der Waals surface area contributed by atoms with Crippen LogP contribution in [0.4, 0.5) is 5.69 Å². The van der Waals surface area contributed by atoms with Crippen LogP contribution < -0.4 is 15.6 Å². The fraction of sp³-hybridized carbons (Fsp3) is 0.423. The van der Waals surface area contributed by atoms with E-state index in [0.29, 0.717) is 34.9 Å². The molecule has 0 fully saturated rings. The van der Waals surface area contributed by atoms with Gasteiger partial charge in [-0.2, -0.15) is 0 Å². The third-order valence-electron chi connectivity index (χ3n) is 5.66. The van der Waals surface area contributed by atoms with Crippen molar-refractivity contribution >= 4 is 34.3 Å². The maximum absolute atomic E-state index is 13.3. The summed E-state index contributed by atoms with van der Waals surface area (Å²) in [5.41, 5.74) is 1.28. The fourth-order valence-corrected chi connectivity index (χ4v) is 4.62. The van der Waals surface area contributed by atoms with Gasteiger partial charge in [0.2, 0.25) is 5.91 Å². The standard InChI is InChI=1S/C26H34N4O3S/c1-5-29(6-2)17-10-18-30-25(32)22-11-8-9-12-23(22)28-26(30)34-19(4)24(31)27-20-13-15-21(16-14-20)33-7-3/h8-9,11-16,19H,5-7,10,17-18H2,1-4H3,(H,27,31). The molecule has 182 valence electrons. The maximum atomic E-state index is 13.3. The quantitative estimate of drug-likeness (QED) is 0.299. The van der Waals surface area contributed by atoms with E-state index >= 15 is 0 Å². The van der Waals surface area contributed by atoms with E-state index < -0.39 is 5.25 Å². The molecule has 7 nitrogen and oxygen atoms in total. The maximum Gasteiger partial charge on any atom is 0.262 e. The smallest absolute Gasteiger partial charge is 0.262 e. The molecule has 1 aromatic heterocycles. The van der Waals surface area contributed by atoms with E-state index in [-0.39, 0.29) is 11.5 Å². The van der Waals surface area contributed by atoms with Crippen LogP contribution in [0.5, 0.6) is 5.75 Å². The van der Waals surface area contributed by atoms with E-state index in [9.17, 15) is 9.59 Å². The number of carbonyl (C=O) groups excluding carboxylic acids is 1. The molecule has 2 aromatic carbocycles. The Bertz CT molecular complexity index is 1140. The number of amides is 1. The van der Waals surface area contributed by atoms with Crippen molar-refractivity contribution in [2.45, 2.75) is 51.1 Å². The summed E-state index contributed by atoms with van der Waals surface area (Å²) in [6.45, 7) is 12.0. The molecule has 1 N–H and O–H groups in total. The zero-order valence-electron chi connectivity index (χ0n) is 20.4. The topological polar surface area (TPSA) is 76.5 Å². The average molecular weight is 483 g/mol. The number of benzene rings is 2. The van der Waals surface area contributed by atoms with E-state index in [1.165, 1.54) is 11.8 Å². The van der Waals surface area contributed by atoms with Gasteiger partial charge in [0.25, 0.3) is 5.56 Å². The number of carbonyl (C=O) groups is 1. The summed E-state index contributed by atoms with van der Waals surface area (Å²) in [6.07, 6.45) is 0.835. The van der Waals surface area contributed by atoms with Gasteiger partial charge in [-0.3, -0.25) is 14.2 Å².